The molecular weight excluding hydrogens is 358 g/mol. The van der Waals surface area contributed by atoms with Gasteiger partial charge in [-0.3, -0.25) is 4.79 Å². The highest BCUT2D eigenvalue weighted by Crippen LogP contribution is 2.33. The fourth-order valence-electron chi connectivity index (χ4n) is 4.13. The van der Waals surface area contributed by atoms with Crippen LogP contribution in [0.25, 0.3) is 10.2 Å². The van der Waals surface area contributed by atoms with Gasteiger partial charge in [-0.15, -0.1) is 0 Å². The van der Waals surface area contributed by atoms with E-state index in [0.29, 0.717) is 18.4 Å². The number of thiazole rings is 1. The summed E-state index contributed by atoms with van der Waals surface area (Å²) in [5.74, 6) is 0.703. The van der Waals surface area contributed by atoms with Crippen molar-refractivity contribution in [3.63, 3.8) is 0 Å². The molecule has 0 saturated carbocycles. The molecule has 3 heterocycles. The zero-order chi connectivity index (χ0) is 18.6. The summed E-state index contributed by atoms with van der Waals surface area (Å²) in [5.41, 5.74) is 2.49. The smallest absolute Gasteiger partial charge is 0.220 e. The van der Waals surface area contributed by atoms with Gasteiger partial charge in [0.25, 0.3) is 0 Å². The van der Waals surface area contributed by atoms with Gasteiger partial charge in [-0.2, -0.15) is 0 Å². The summed E-state index contributed by atoms with van der Waals surface area (Å²) >= 11 is 1.80. The summed E-state index contributed by atoms with van der Waals surface area (Å²) in [6.07, 6.45) is 5.70. The molecular formula is C21H29N3O2S. The molecule has 1 aromatic carbocycles. The summed E-state index contributed by atoms with van der Waals surface area (Å²) < 4.78 is 6.64. The molecule has 4 rings (SSSR count). The van der Waals surface area contributed by atoms with Crippen LogP contribution in [0.5, 0.6) is 0 Å². The van der Waals surface area contributed by atoms with E-state index in [1.165, 1.54) is 10.3 Å². The molecule has 2 aliphatic heterocycles. The van der Waals surface area contributed by atoms with Crippen LogP contribution in [0.1, 0.15) is 44.6 Å². The topological polar surface area (TPSA) is 54.5 Å². The highest BCUT2D eigenvalue weighted by atomic mass is 32.1. The number of para-hydroxylation sites is 1. The van der Waals surface area contributed by atoms with Gasteiger partial charge in [-0.05, 0) is 49.7 Å². The number of nitrogens with zero attached hydrogens (tertiary/aromatic N) is 2. The van der Waals surface area contributed by atoms with Gasteiger partial charge in [0.05, 0.1) is 10.2 Å². The number of hydrogen-bond donors (Lipinski definition) is 1. The lowest BCUT2D eigenvalue weighted by atomic mass is 9.93. The summed E-state index contributed by atoms with van der Waals surface area (Å²) in [7, 11) is 0. The maximum atomic E-state index is 12.3. The predicted molar refractivity (Wildman–Crippen MR) is 111 cm³/mol. The monoisotopic (exact) mass is 387 g/mol. The number of nitrogens with one attached hydrogen (secondary N) is 1. The van der Waals surface area contributed by atoms with Crippen molar-refractivity contribution in [1.82, 2.24) is 10.3 Å². The third kappa shape index (κ3) is 4.43. The van der Waals surface area contributed by atoms with Crippen LogP contribution in [0.3, 0.4) is 0 Å². The van der Waals surface area contributed by atoms with E-state index in [1.54, 1.807) is 11.3 Å². The highest BCUT2D eigenvalue weighted by Gasteiger charge is 2.25. The first-order valence-corrected chi connectivity index (χ1v) is 11.0. The molecule has 27 heavy (non-hydrogen) atoms. The molecule has 0 unspecified atom stereocenters. The Morgan fingerprint density at radius 1 is 1.26 bits per heavy atom. The quantitative estimate of drug-likeness (QED) is 0.849. The number of ether oxygens (including phenoxy) is 1. The number of carbonyl (C=O) groups is 1. The summed E-state index contributed by atoms with van der Waals surface area (Å²) in [4.78, 5) is 19.7. The Bertz CT molecular complexity index is 777. The maximum Gasteiger partial charge on any atom is 0.220 e. The van der Waals surface area contributed by atoms with Crippen LogP contribution in [-0.2, 0) is 16.0 Å². The molecule has 0 spiro atoms. The number of piperidine rings is 1. The van der Waals surface area contributed by atoms with E-state index >= 15 is 0 Å². The second kappa shape index (κ2) is 8.57. The van der Waals surface area contributed by atoms with Gasteiger partial charge >= 0.3 is 0 Å². The minimum atomic E-state index is 0.216. The van der Waals surface area contributed by atoms with Gasteiger partial charge in [-0.1, -0.05) is 30.4 Å². The van der Waals surface area contributed by atoms with Crippen molar-refractivity contribution < 1.29 is 9.53 Å². The van der Waals surface area contributed by atoms with Gasteiger partial charge < -0.3 is 15.0 Å². The number of hydrogen-bond acceptors (Lipinski definition) is 5. The normalized spacial score (nSPS) is 19.5. The average molecular weight is 388 g/mol. The van der Waals surface area contributed by atoms with Crippen LogP contribution in [-0.4, -0.2) is 43.2 Å². The van der Waals surface area contributed by atoms with Crippen LogP contribution < -0.4 is 10.2 Å². The van der Waals surface area contributed by atoms with Crippen LogP contribution in [0, 0.1) is 5.92 Å². The molecule has 146 valence electrons. The molecule has 1 amide bonds. The lowest BCUT2D eigenvalue weighted by Crippen LogP contribution is -2.41. The molecule has 2 fully saturated rings. The fraction of sp³-hybridized carbons (Fsp3) is 0.619. The highest BCUT2D eigenvalue weighted by molar-refractivity contribution is 7.22. The molecule has 0 atom stereocenters. The number of anilines is 1. The van der Waals surface area contributed by atoms with E-state index in [0.717, 1.165) is 69.1 Å². The van der Waals surface area contributed by atoms with E-state index in [2.05, 4.69) is 35.3 Å². The van der Waals surface area contributed by atoms with E-state index in [1.807, 2.05) is 0 Å². The Morgan fingerprint density at radius 3 is 2.78 bits per heavy atom. The summed E-state index contributed by atoms with van der Waals surface area (Å²) in [5, 5.41) is 4.33. The molecule has 6 heteroatoms. The lowest BCUT2D eigenvalue weighted by molar-refractivity contribution is -0.123. The first-order chi connectivity index (χ1) is 13.2. The van der Waals surface area contributed by atoms with E-state index in [-0.39, 0.29) is 5.91 Å². The van der Waals surface area contributed by atoms with Crippen molar-refractivity contribution in [2.24, 2.45) is 5.92 Å². The van der Waals surface area contributed by atoms with Gasteiger partial charge in [0.2, 0.25) is 5.91 Å². The number of carbonyl (C=O) groups excluding carboxylic acids is 1. The van der Waals surface area contributed by atoms with Gasteiger partial charge in [-0.25, -0.2) is 4.98 Å². The Labute approximate surface area is 165 Å². The number of aromatic nitrogens is 1. The van der Waals surface area contributed by atoms with Crippen LogP contribution in [0.2, 0.25) is 0 Å². The zero-order valence-corrected chi connectivity index (χ0v) is 16.9. The van der Waals surface area contributed by atoms with Crippen molar-refractivity contribution in [2.45, 2.75) is 51.5 Å². The van der Waals surface area contributed by atoms with Crippen LogP contribution >= 0.6 is 11.3 Å². The molecule has 2 aliphatic rings. The minimum Gasteiger partial charge on any atom is -0.381 e. The molecule has 5 nitrogen and oxygen atoms in total. The van der Waals surface area contributed by atoms with E-state index in [4.69, 9.17) is 9.72 Å². The molecule has 0 radical (unpaired) electrons. The number of benzene rings is 1. The predicted octanol–water partition coefficient (Wildman–Crippen LogP) is 3.76. The summed E-state index contributed by atoms with van der Waals surface area (Å²) in [6, 6.07) is 6.78. The van der Waals surface area contributed by atoms with Crippen molar-refractivity contribution in [1.29, 1.82) is 0 Å². The van der Waals surface area contributed by atoms with Gasteiger partial charge in [0.1, 0.15) is 0 Å². The standard InChI is InChI=1S/C21H29N3O2S/c1-2-16-4-3-5-18-20(16)23-21(27-18)24-10-6-15(7-11-24)14-19(25)22-17-8-12-26-13-9-17/h3-5,15,17H,2,6-14H2,1H3,(H,22,25). The second-order valence-corrected chi connectivity index (χ2v) is 8.71. The van der Waals surface area contributed by atoms with Gasteiger partial charge in [0.15, 0.2) is 5.13 Å². The Kier molecular flexibility index (Phi) is 5.93. The largest absolute Gasteiger partial charge is 0.381 e. The first-order valence-electron chi connectivity index (χ1n) is 10.2. The first kappa shape index (κ1) is 18.7. The van der Waals surface area contributed by atoms with Crippen molar-refractivity contribution >= 4 is 32.6 Å². The molecule has 2 saturated heterocycles. The second-order valence-electron chi connectivity index (χ2n) is 7.70. The molecule has 1 N–H and O–H groups in total. The Morgan fingerprint density at radius 2 is 2.04 bits per heavy atom. The molecule has 0 aliphatic carbocycles. The van der Waals surface area contributed by atoms with Crippen molar-refractivity contribution in [3.8, 4) is 0 Å². The third-order valence-corrected chi connectivity index (χ3v) is 6.90. The average Bonchev–Trinajstić information content (AvgIpc) is 3.13. The van der Waals surface area contributed by atoms with Crippen molar-refractivity contribution in [2.75, 3.05) is 31.2 Å². The number of aryl methyl sites for hydroxylation is 1. The molecule has 0 bridgehead atoms. The number of rotatable bonds is 5. The van der Waals surface area contributed by atoms with E-state index < -0.39 is 0 Å². The number of fused-ring (bicyclic) bond motifs is 1. The fourth-order valence-corrected chi connectivity index (χ4v) is 5.20. The lowest BCUT2D eigenvalue weighted by Gasteiger charge is -2.32. The van der Waals surface area contributed by atoms with E-state index in [9.17, 15) is 4.79 Å². The van der Waals surface area contributed by atoms with Crippen molar-refractivity contribution in [3.05, 3.63) is 23.8 Å². The van der Waals surface area contributed by atoms with Crippen LogP contribution in [0.4, 0.5) is 5.13 Å². The molecule has 1 aromatic heterocycles. The SMILES string of the molecule is CCc1cccc2sc(N3CCC(CC(=O)NC4CCOCC4)CC3)nc12. The Hall–Kier alpha value is -1.66. The minimum absolute atomic E-state index is 0.216. The molecule has 2 aromatic rings. The van der Waals surface area contributed by atoms with Gasteiger partial charge in [0, 0.05) is 38.8 Å². The maximum absolute atomic E-state index is 12.3. The third-order valence-electron chi connectivity index (χ3n) is 5.82. The zero-order valence-electron chi connectivity index (χ0n) is 16.1. The summed E-state index contributed by atoms with van der Waals surface area (Å²) in [6.45, 7) is 5.72. The van der Waals surface area contributed by atoms with Crippen LogP contribution in [0.15, 0.2) is 18.2 Å². The number of amides is 1. The Balaban J connectivity index is 1.30.